The summed E-state index contributed by atoms with van der Waals surface area (Å²) in [5.41, 5.74) is 2.10. The fourth-order valence-electron chi connectivity index (χ4n) is 2.85. The molecule has 0 fully saturated rings. The van der Waals surface area contributed by atoms with Crippen LogP contribution in [0.15, 0.2) is 33.0 Å². The maximum absolute atomic E-state index is 13.0. The average Bonchev–Trinajstić information content (AvgIpc) is 3.13. The van der Waals surface area contributed by atoms with Crippen molar-refractivity contribution in [1.82, 2.24) is 10.3 Å². The molecule has 8 nitrogen and oxygen atoms in total. The third-order valence-electron chi connectivity index (χ3n) is 4.59. The maximum atomic E-state index is 13.0. The zero-order valence-corrected chi connectivity index (χ0v) is 17.8. The van der Waals surface area contributed by atoms with Crippen molar-refractivity contribution >= 4 is 34.2 Å². The van der Waals surface area contributed by atoms with Crippen molar-refractivity contribution in [3.63, 3.8) is 0 Å². The first-order chi connectivity index (χ1) is 14.2. The number of hydrogen-bond acceptors (Lipinski definition) is 7. The molecule has 0 radical (unpaired) electrons. The quantitative estimate of drug-likeness (QED) is 0.591. The van der Waals surface area contributed by atoms with Crippen LogP contribution in [0.4, 0.5) is 0 Å². The van der Waals surface area contributed by atoms with Gasteiger partial charge in [0.2, 0.25) is 5.43 Å². The lowest BCUT2D eigenvalue weighted by atomic mass is 10.1. The van der Waals surface area contributed by atoms with E-state index >= 15 is 0 Å². The highest BCUT2D eigenvalue weighted by Crippen LogP contribution is 2.29. The van der Waals surface area contributed by atoms with Gasteiger partial charge in [0.15, 0.2) is 6.10 Å². The minimum absolute atomic E-state index is 0.187. The Morgan fingerprint density at radius 2 is 2.07 bits per heavy atom. The number of aryl methyl sites for hydroxylation is 2. The lowest BCUT2D eigenvalue weighted by Crippen LogP contribution is -2.44. The fourth-order valence-corrected chi connectivity index (χ4v) is 3.65. The molecular weight excluding hydrogens is 408 g/mol. The number of carboxylic acids is 1. The second-order valence-corrected chi connectivity index (χ2v) is 7.77. The molecule has 9 heteroatoms. The number of aliphatic carboxylic acids is 1. The number of hydrogen-bond donors (Lipinski definition) is 2. The van der Waals surface area contributed by atoms with Gasteiger partial charge in [0.05, 0.1) is 10.9 Å². The van der Waals surface area contributed by atoms with Gasteiger partial charge in [-0.2, -0.15) is 0 Å². The van der Waals surface area contributed by atoms with Gasteiger partial charge in [0, 0.05) is 17.1 Å². The number of carbonyl (C=O) groups excluding carboxylic acids is 1. The van der Waals surface area contributed by atoms with Crippen LogP contribution in [0.5, 0.6) is 5.75 Å². The van der Waals surface area contributed by atoms with Gasteiger partial charge in [0.25, 0.3) is 5.91 Å². The monoisotopic (exact) mass is 430 g/mol. The van der Waals surface area contributed by atoms with Crippen LogP contribution in [0.25, 0.3) is 21.5 Å². The second-order valence-electron chi connectivity index (χ2n) is 6.91. The summed E-state index contributed by atoms with van der Waals surface area (Å²) in [6, 6.07) is 2.25. The van der Waals surface area contributed by atoms with Crippen molar-refractivity contribution in [3.05, 3.63) is 45.3 Å². The number of thiazole rings is 1. The van der Waals surface area contributed by atoms with E-state index in [4.69, 9.17) is 14.3 Å². The standard InChI is InChI=1S/C21H22N2O6S/c1-5-13-6-14-17(28-8-15(18(14)24)20-22-10(2)9-30-20)7-16(13)29-12(4)19(25)23-11(3)21(26)27/h6-9,11-12H,5H2,1-4H3,(H,23,25)(H,26,27)/t11-,12+/m1/s1. The number of carbonyl (C=O) groups is 2. The Morgan fingerprint density at radius 1 is 1.33 bits per heavy atom. The number of nitrogens with zero attached hydrogens (tertiary/aromatic N) is 1. The van der Waals surface area contributed by atoms with Gasteiger partial charge in [-0.1, -0.05) is 6.92 Å². The zero-order chi connectivity index (χ0) is 22.0. The molecule has 0 saturated carbocycles. The zero-order valence-electron chi connectivity index (χ0n) is 17.0. The van der Waals surface area contributed by atoms with Gasteiger partial charge in [-0.05, 0) is 38.8 Å². The van der Waals surface area contributed by atoms with Crippen molar-refractivity contribution in [2.24, 2.45) is 0 Å². The molecule has 2 heterocycles. The third-order valence-corrected chi connectivity index (χ3v) is 5.58. The minimum Gasteiger partial charge on any atom is -0.480 e. The summed E-state index contributed by atoms with van der Waals surface area (Å²) in [4.78, 5) is 40.5. The van der Waals surface area contributed by atoms with Crippen LogP contribution in [-0.4, -0.2) is 34.1 Å². The molecule has 0 aliphatic carbocycles. The average molecular weight is 430 g/mol. The van der Waals surface area contributed by atoms with Crippen molar-refractivity contribution in [2.45, 2.75) is 46.3 Å². The molecule has 2 atom stereocenters. The number of fused-ring (bicyclic) bond motifs is 1. The van der Waals surface area contributed by atoms with Crippen LogP contribution in [0.2, 0.25) is 0 Å². The fraction of sp³-hybridized carbons (Fsp3) is 0.333. The Balaban J connectivity index is 1.94. The van der Waals surface area contributed by atoms with Gasteiger partial charge in [-0.15, -0.1) is 11.3 Å². The van der Waals surface area contributed by atoms with E-state index in [2.05, 4.69) is 10.3 Å². The summed E-state index contributed by atoms with van der Waals surface area (Å²) in [5.74, 6) is -1.29. The first kappa shape index (κ1) is 21.5. The molecule has 1 aromatic carbocycles. The van der Waals surface area contributed by atoms with Crippen molar-refractivity contribution in [2.75, 3.05) is 0 Å². The van der Waals surface area contributed by atoms with Crippen LogP contribution < -0.4 is 15.5 Å². The summed E-state index contributed by atoms with van der Waals surface area (Å²) in [7, 11) is 0. The molecule has 0 bridgehead atoms. The Hall–Kier alpha value is -3.20. The van der Waals surface area contributed by atoms with Gasteiger partial charge in [-0.25, -0.2) is 4.98 Å². The summed E-state index contributed by atoms with van der Waals surface area (Å²) in [6.07, 6.45) is 1.01. The number of rotatable bonds is 7. The maximum Gasteiger partial charge on any atom is 0.325 e. The van der Waals surface area contributed by atoms with Gasteiger partial charge >= 0.3 is 5.97 Å². The van der Waals surface area contributed by atoms with Gasteiger partial charge in [0.1, 0.15) is 28.6 Å². The largest absolute Gasteiger partial charge is 0.480 e. The lowest BCUT2D eigenvalue weighted by molar-refractivity contribution is -0.142. The Kier molecular flexibility index (Phi) is 6.21. The van der Waals surface area contributed by atoms with E-state index < -0.39 is 24.0 Å². The molecule has 0 unspecified atom stereocenters. The normalized spacial score (nSPS) is 13.1. The number of benzene rings is 1. The summed E-state index contributed by atoms with van der Waals surface area (Å²) in [5, 5.41) is 14.2. The van der Waals surface area contributed by atoms with Crippen molar-refractivity contribution in [3.8, 4) is 16.3 Å². The smallest absolute Gasteiger partial charge is 0.325 e. The first-order valence-electron chi connectivity index (χ1n) is 9.42. The lowest BCUT2D eigenvalue weighted by Gasteiger charge is -2.18. The Morgan fingerprint density at radius 3 is 2.67 bits per heavy atom. The van der Waals surface area contributed by atoms with E-state index in [0.717, 1.165) is 11.3 Å². The highest BCUT2D eigenvalue weighted by Gasteiger charge is 2.22. The topological polar surface area (TPSA) is 119 Å². The predicted octanol–water partition coefficient (Wildman–Crippen LogP) is 3.14. The molecule has 1 amide bonds. The second kappa shape index (κ2) is 8.66. The molecule has 2 N–H and O–H groups in total. The number of ether oxygens (including phenoxy) is 1. The number of amides is 1. The molecule has 0 aliphatic heterocycles. The highest BCUT2D eigenvalue weighted by atomic mass is 32.1. The van der Waals surface area contributed by atoms with E-state index in [1.807, 2.05) is 19.2 Å². The Labute approximate surface area is 176 Å². The molecule has 3 rings (SSSR count). The first-order valence-corrected chi connectivity index (χ1v) is 10.3. The molecule has 158 valence electrons. The molecular formula is C21H22N2O6S. The number of nitrogens with one attached hydrogen (secondary N) is 1. The molecule has 3 aromatic rings. The van der Waals surface area contributed by atoms with Crippen LogP contribution in [0, 0.1) is 6.92 Å². The van der Waals surface area contributed by atoms with Gasteiger partial charge in [-0.3, -0.25) is 14.4 Å². The van der Waals surface area contributed by atoms with Crippen LogP contribution in [0.3, 0.4) is 0 Å². The minimum atomic E-state index is -1.14. The molecule has 30 heavy (non-hydrogen) atoms. The number of carboxylic acid groups (broad SMARTS) is 1. The van der Waals surface area contributed by atoms with Crippen LogP contribution >= 0.6 is 11.3 Å². The van der Waals surface area contributed by atoms with Crippen LogP contribution in [0.1, 0.15) is 32.0 Å². The van der Waals surface area contributed by atoms with E-state index in [9.17, 15) is 14.4 Å². The Bertz CT molecular complexity index is 1170. The summed E-state index contributed by atoms with van der Waals surface area (Å²) < 4.78 is 11.4. The van der Waals surface area contributed by atoms with Crippen molar-refractivity contribution < 1.29 is 23.8 Å². The number of aromatic nitrogens is 1. The molecule has 2 aromatic heterocycles. The van der Waals surface area contributed by atoms with E-state index in [1.54, 1.807) is 12.1 Å². The predicted molar refractivity (Wildman–Crippen MR) is 113 cm³/mol. The van der Waals surface area contributed by atoms with Gasteiger partial charge < -0.3 is 19.6 Å². The van der Waals surface area contributed by atoms with E-state index in [0.29, 0.717) is 33.7 Å². The van der Waals surface area contributed by atoms with E-state index in [1.165, 1.54) is 31.4 Å². The summed E-state index contributed by atoms with van der Waals surface area (Å²) in [6.45, 7) is 6.66. The molecule has 0 aliphatic rings. The van der Waals surface area contributed by atoms with Crippen molar-refractivity contribution in [1.29, 1.82) is 0 Å². The van der Waals surface area contributed by atoms with E-state index in [-0.39, 0.29) is 5.43 Å². The molecule has 0 spiro atoms. The summed E-state index contributed by atoms with van der Waals surface area (Å²) >= 11 is 1.37. The SMILES string of the molecule is CCc1cc2c(=O)c(-c3nc(C)cs3)coc2cc1O[C@@H](C)C(=O)N[C@H](C)C(=O)O. The van der Waals surface area contributed by atoms with Crippen LogP contribution in [-0.2, 0) is 16.0 Å². The third kappa shape index (κ3) is 4.35. The highest BCUT2D eigenvalue weighted by molar-refractivity contribution is 7.13. The molecule has 0 saturated heterocycles.